The molecule has 28 heavy (non-hydrogen) atoms. The summed E-state index contributed by atoms with van der Waals surface area (Å²) >= 11 is 0. The maximum atomic E-state index is 12.6. The van der Waals surface area contributed by atoms with Crippen molar-refractivity contribution in [3.8, 4) is 11.3 Å². The number of benzene rings is 1. The second-order valence-corrected chi connectivity index (χ2v) is 6.88. The molecule has 0 atom stereocenters. The highest BCUT2D eigenvalue weighted by atomic mass is 16.5. The Morgan fingerprint density at radius 3 is 2.82 bits per heavy atom. The number of nitrogens with one attached hydrogen (secondary N) is 2. The van der Waals surface area contributed by atoms with Crippen LogP contribution in [0.2, 0.25) is 0 Å². The average molecular weight is 382 g/mol. The third-order valence-electron chi connectivity index (χ3n) is 5.19. The molecule has 0 spiro atoms. The number of hydrogen-bond donors (Lipinski definition) is 3. The fourth-order valence-corrected chi connectivity index (χ4v) is 3.76. The van der Waals surface area contributed by atoms with Crippen LogP contribution in [-0.2, 0) is 27.2 Å². The molecule has 0 radical (unpaired) electrons. The van der Waals surface area contributed by atoms with E-state index in [4.69, 9.17) is 9.84 Å². The quantitative estimate of drug-likeness (QED) is 0.649. The van der Waals surface area contributed by atoms with Gasteiger partial charge in [-0.2, -0.15) is 5.10 Å². The van der Waals surface area contributed by atoms with Crippen molar-refractivity contribution < 1.29 is 19.4 Å². The Labute approximate surface area is 162 Å². The highest BCUT2D eigenvalue weighted by Gasteiger charge is 2.34. The van der Waals surface area contributed by atoms with Crippen LogP contribution >= 0.6 is 0 Å². The van der Waals surface area contributed by atoms with Crippen molar-refractivity contribution in [1.29, 1.82) is 0 Å². The number of aromatic nitrogens is 2. The molecule has 4 rings (SSSR count). The van der Waals surface area contributed by atoms with Gasteiger partial charge in [0.15, 0.2) is 0 Å². The number of carbonyl (C=O) groups is 2. The highest BCUT2D eigenvalue weighted by molar-refractivity contribution is 6.08. The summed E-state index contributed by atoms with van der Waals surface area (Å²) in [5.74, 6) is -0.886. The number of esters is 1. The van der Waals surface area contributed by atoms with Crippen molar-refractivity contribution in [2.75, 3.05) is 32.1 Å². The molecule has 2 aromatic rings. The van der Waals surface area contributed by atoms with Gasteiger partial charge in [-0.25, -0.2) is 4.79 Å². The molecule has 1 aliphatic heterocycles. The molecule has 1 aromatic heterocycles. The smallest absolute Gasteiger partial charge is 0.337 e. The van der Waals surface area contributed by atoms with Crippen LogP contribution in [0.1, 0.15) is 17.7 Å². The number of nitrogens with zero attached hydrogens (tertiary/aromatic N) is 2. The standard InChI is InChI=1S/C20H22N4O4/c1-28-20(27)15-11-24(9-10-25)19(26)18(15)21-13-7-5-12(6-8-13)17-14-3-2-4-16(14)22-23-17/h5-8,21,25H,2-4,9-11H2,1H3,(H,22,23). The normalized spacial score (nSPS) is 15.9. The first-order valence-corrected chi connectivity index (χ1v) is 9.27. The van der Waals surface area contributed by atoms with Gasteiger partial charge in [0.25, 0.3) is 5.91 Å². The Hall–Kier alpha value is -3.13. The lowest BCUT2D eigenvalue weighted by molar-refractivity contribution is -0.136. The zero-order valence-electron chi connectivity index (χ0n) is 15.6. The van der Waals surface area contributed by atoms with E-state index in [1.807, 2.05) is 24.3 Å². The van der Waals surface area contributed by atoms with E-state index in [2.05, 4.69) is 15.5 Å². The number of H-pyrrole nitrogens is 1. The Morgan fingerprint density at radius 1 is 1.32 bits per heavy atom. The van der Waals surface area contributed by atoms with E-state index in [1.54, 1.807) is 0 Å². The molecule has 0 saturated heterocycles. The van der Waals surface area contributed by atoms with E-state index >= 15 is 0 Å². The number of β-amino-alcohol motifs (C(OH)–C–C–N with tert-alkyl or cyclic N) is 1. The number of anilines is 1. The molecule has 2 heterocycles. The topological polar surface area (TPSA) is 108 Å². The van der Waals surface area contributed by atoms with Crippen molar-refractivity contribution in [1.82, 2.24) is 15.1 Å². The van der Waals surface area contributed by atoms with Gasteiger partial charge in [-0.1, -0.05) is 12.1 Å². The molecule has 0 saturated carbocycles. The minimum Gasteiger partial charge on any atom is -0.466 e. The first-order chi connectivity index (χ1) is 13.6. The molecule has 0 bridgehead atoms. The van der Waals surface area contributed by atoms with Crippen LogP contribution in [0.3, 0.4) is 0 Å². The fraction of sp³-hybridized carbons (Fsp3) is 0.350. The number of carbonyl (C=O) groups excluding carboxylic acids is 2. The van der Waals surface area contributed by atoms with Crippen molar-refractivity contribution in [2.24, 2.45) is 0 Å². The van der Waals surface area contributed by atoms with E-state index in [9.17, 15) is 9.59 Å². The van der Waals surface area contributed by atoms with Crippen LogP contribution < -0.4 is 5.32 Å². The highest BCUT2D eigenvalue weighted by Crippen LogP contribution is 2.31. The van der Waals surface area contributed by atoms with Crippen molar-refractivity contribution >= 4 is 17.6 Å². The van der Waals surface area contributed by atoms with Crippen molar-refractivity contribution in [2.45, 2.75) is 19.3 Å². The molecule has 0 fully saturated rings. The summed E-state index contributed by atoms with van der Waals surface area (Å²) in [7, 11) is 1.28. The predicted molar refractivity (Wildman–Crippen MR) is 102 cm³/mol. The van der Waals surface area contributed by atoms with Crippen LogP contribution in [0, 0.1) is 0 Å². The summed E-state index contributed by atoms with van der Waals surface area (Å²) in [4.78, 5) is 26.1. The zero-order valence-corrected chi connectivity index (χ0v) is 15.6. The van der Waals surface area contributed by atoms with Gasteiger partial charge >= 0.3 is 5.97 Å². The molecule has 0 unspecified atom stereocenters. The van der Waals surface area contributed by atoms with E-state index in [-0.39, 0.29) is 36.9 Å². The lowest BCUT2D eigenvalue weighted by Crippen LogP contribution is -2.31. The van der Waals surface area contributed by atoms with Gasteiger partial charge in [0.1, 0.15) is 5.70 Å². The molecular weight excluding hydrogens is 360 g/mol. The first kappa shape index (κ1) is 18.2. The second kappa shape index (κ2) is 7.47. The Balaban J connectivity index is 1.57. The fourth-order valence-electron chi connectivity index (χ4n) is 3.76. The largest absolute Gasteiger partial charge is 0.466 e. The molecular formula is C20H22N4O4. The third-order valence-corrected chi connectivity index (χ3v) is 5.19. The lowest BCUT2D eigenvalue weighted by Gasteiger charge is -2.15. The third kappa shape index (κ3) is 3.16. The van der Waals surface area contributed by atoms with Gasteiger partial charge in [0, 0.05) is 29.1 Å². The Morgan fingerprint density at radius 2 is 2.11 bits per heavy atom. The number of fused-ring (bicyclic) bond motifs is 1. The summed E-state index contributed by atoms with van der Waals surface area (Å²) in [6.45, 7) is 0.107. The number of aliphatic hydroxyl groups excluding tert-OH is 1. The summed E-state index contributed by atoms with van der Waals surface area (Å²) in [6, 6.07) is 7.60. The SMILES string of the molecule is COC(=O)C1=C(Nc2ccc(-c3n[nH]c4c3CCC4)cc2)C(=O)N(CCO)C1. The van der Waals surface area contributed by atoms with Gasteiger partial charge in [-0.05, 0) is 31.4 Å². The maximum absolute atomic E-state index is 12.6. The van der Waals surface area contributed by atoms with E-state index in [1.165, 1.54) is 23.3 Å². The van der Waals surface area contributed by atoms with Crippen LogP contribution in [0.25, 0.3) is 11.3 Å². The monoisotopic (exact) mass is 382 g/mol. The molecule has 1 aromatic carbocycles. The number of aromatic amines is 1. The van der Waals surface area contributed by atoms with E-state index in [0.717, 1.165) is 30.5 Å². The van der Waals surface area contributed by atoms with Crippen LogP contribution in [0.4, 0.5) is 5.69 Å². The number of methoxy groups -OCH3 is 1. The number of hydrogen-bond acceptors (Lipinski definition) is 6. The maximum Gasteiger partial charge on any atom is 0.337 e. The van der Waals surface area contributed by atoms with Crippen molar-refractivity contribution in [3.05, 3.63) is 46.8 Å². The summed E-state index contributed by atoms with van der Waals surface area (Å²) in [5.41, 5.74) is 5.61. The first-order valence-electron chi connectivity index (χ1n) is 9.27. The lowest BCUT2D eigenvalue weighted by atomic mass is 10.1. The van der Waals surface area contributed by atoms with Gasteiger partial charge in [-0.15, -0.1) is 0 Å². The zero-order chi connectivity index (χ0) is 19.7. The van der Waals surface area contributed by atoms with Gasteiger partial charge in [0.05, 0.1) is 31.5 Å². The molecule has 1 aliphatic carbocycles. The van der Waals surface area contributed by atoms with Crippen molar-refractivity contribution in [3.63, 3.8) is 0 Å². The number of aryl methyl sites for hydroxylation is 1. The van der Waals surface area contributed by atoms with E-state index < -0.39 is 5.97 Å². The van der Waals surface area contributed by atoms with Crippen LogP contribution in [0.5, 0.6) is 0 Å². The van der Waals surface area contributed by atoms with Gasteiger partial charge in [-0.3, -0.25) is 9.89 Å². The molecule has 3 N–H and O–H groups in total. The molecule has 2 aliphatic rings. The van der Waals surface area contributed by atoms with Gasteiger partial charge in [0.2, 0.25) is 0 Å². The number of rotatable bonds is 6. The van der Waals surface area contributed by atoms with E-state index in [0.29, 0.717) is 5.69 Å². The predicted octanol–water partition coefficient (Wildman–Crippen LogP) is 1.24. The Kier molecular flexibility index (Phi) is 4.87. The molecule has 8 heteroatoms. The number of ether oxygens (including phenoxy) is 1. The second-order valence-electron chi connectivity index (χ2n) is 6.88. The van der Waals surface area contributed by atoms with Crippen LogP contribution in [0.15, 0.2) is 35.5 Å². The number of amides is 1. The van der Waals surface area contributed by atoms with Gasteiger partial charge < -0.3 is 20.1 Å². The molecule has 146 valence electrons. The summed E-state index contributed by atoms with van der Waals surface area (Å²) in [6.07, 6.45) is 3.22. The minimum atomic E-state index is -0.556. The molecule has 8 nitrogen and oxygen atoms in total. The Bertz CT molecular complexity index is 946. The number of aliphatic hydroxyl groups is 1. The van der Waals surface area contributed by atoms with Crippen LogP contribution in [-0.4, -0.2) is 58.9 Å². The summed E-state index contributed by atoms with van der Waals surface area (Å²) in [5, 5.41) is 19.7. The average Bonchev–Trinajstić information content (AvgIpc) is 3.39. The molecule has 1 amide bonds. The minimum absolute atomic E-state index is 0.117. The summed E-state index contributed by atoms with van der Waals surface area (Å²) < 4.78 is 4.80.